The van der Waals surface area contributed by atoms with Crippen molar-refractivity contribution in [3.63, 3.8) is 0 Å². The zero-order valence-electron chi connectivity index (χ0n) is 18.4. The number of nitrogens with zero attached hydrogens (tertiary/aromatic N) is 2. The standard InChI is InChI=1S/C26H20F3N3OS/c1-15-6-5-9-21(16(15)2)32-24(33)23-22(19-7-3-4-8-20(19)30-23)31-25(32)34-14-17-10-12-18(13-11-17)26(27,28)29/h3-13,30H,14H2,1-2H3. The highest BCUT2D eigenvalue weighted by Gasteiger charge is 2.30. The summed E-state index contributed by atoms with van der Waals surface area (Å²) in [7, 11) is 0. The normalized spacial score (nSPS) is 12.0. The zero-order valence-corrected chi connectivity index (χ0v) is 19.2. The van der Waals surface area contributed by atoms with Crippen molar-refractivity contribution < 1.29 is 13.2 Å². The van der Waals surface area contributed by atoms with E-state index in [0.29, 0.717) is 27.5 Å². The summed E-state index contributed by atoms with van der Waals surface area (Å²) in [5.74, 6) is 0.364. The summed E-state index contributed by atoms with van der Waals surface area (Å²) in [5, 5.41) is 1.33. The Balaban J connectivity index is 1.65. The van der Waals surface area contributed by atoms with Crippen LogP contribution in [0.3, 0.4) is 0 Å². The second-order valence-corrected chi connectivity index (χ2v) is 9.07. The fourth-order valence-corrected chi connectivity index (χ4v) is 4.92. The molecule has 0 saturated heterocycles. The number of aryl methyl sites for hydroxylation is 1. The van der Waals surface area contributed by atoms with E-state index in [1.807, 2.05) is 56.3 Å². The van der Waals surface area contributed by atoms with E-state index in [1.54, 1.807) is 4.57 Å². The van der Waals surface area contributed by atoms with Crippen LogP contribution >= 0.6 is 11.8 Å². The van der Waals surface area contributed by atoms with Gasteiger partial charge in [-0.15, -0.1) is 0 Å². The highest BCUT2D eigenvalue weighted by Crippen LogP contribution is 2.32. The van der Waals surface area contributed by atoms with Crippen molar-refractivity contribution >= 4 is 33.7 Å². The molecule has 4 nitrogen and oxygen atoms in total. The van der Waals surface area contributed by atoms with E-state index in [9.17, 15) is 18.0 Å². The van der Waals surface area contributed by atoms with Gasteiger partial charge in [-0.1, -0.05) is 54.2 Å². The molecule has 5 aromatic rings. The molecule has 0 aliphatic heterocycles. The lowest BCUT2D eigenvalue weighted by atomic mass is 10.1. The number of thioether (sulfide) groups is 1. The Labute approximate surface area is 197 Å². The summed E-state index contributed by atoms with van der Waals surface area (Å²) in [6, 6.07) is 18.4. The number of halogens is 3. The second-order valence-electron chi connectivity index (χ2n) is 8.13. The number of benzene rings is 3. The molecule has 34 heavy (non-hydrogen) atoms. The van der Waals surface area contributed by atoms with Gasteiger partial charge in [0.15, 0.2) is 5.16 Å². The fourth-order valence-electron chi connectivity index (χ4n) is 3.97. The third kappa shape index (κ3) is 3.88. The van der Waals surface area contributed by atoms with Gasteiger partial charge >= 0.3 is 6.18 Å². The van der Waals surface area contributed by atoms with Crippen molar-refractivity contribution in [1.82, 2.24) is 14.5 Å². The maximum Gasteiger partial charge on any atom is 0.416 e. The smallest absolute Gasteiger partial charge is 0.349 e. The predicted octanol–water partition coefficient (Wildman–Crippen LogP) is 6.79. The Morgan fingerprint density at radius 3 is 2.44 bits per heavy atom. The number of hydrogen-bond acceptors (Lipinski definition) is 3. The topological polar surface area (TPSA) is 50.7 Å². The van der Waals surface area contributed by atoms with Gasteiger partial charge in [-0.25, -0.2) is 4.98 Å². The van der Waals surface area contributed by atoms with Gasteiger partial charge in [-0.3, -0.25) is 9.36 Å². The summed E-state index contributed by atoms with van der Waals surface area (Å²) < 4.78 is 40.3. The molecular formula is C26H20F3N3OS. The number of rotatable bonds is 4. The molecule has 2 aromatic heterocycles. The second kappa shape index (κ2) is 8.36. The van der Waals surface area contributed by atoms with Crippen LogP contribution in [0.1, 0.15) is 22.3 Å². The first-order valence-corrected chi connectivity index (χ1v) is 11.6. The first kappa shape index (κ1) is 22.3. The van der Waals surface area contributed by atoms with E-state index in [1.165, 1.54) is 23.9 Å². The number of fused-ring (bicyclic) bond motifs is 3. The molecule has 0 atom stereocenters. The van der Waals surface area contributed by atoms with E-state index in [2.05, 4.69) is 4.98 Å². The Hall–Kier alpha value is -3.52. The van der Waals surface area contributed by atoms with Crippen molar-refractivity contribution in [2.75, 3.05) is 0 Å². The lowest BCUT2D eigenvalue weighted by Gasteiger charge is -2.15. The quantitative estimate of drug-likeness (QED) is 0.228. The number of aromatic nitrogens is 3. The lowest BCUT2D eigenvalue weighted by Crippen LogP contribution is -2.22. The van der Waals surface area contributed by atoms with E-state index in [4.69, 9.17) is 4.98 Å². The van der Waals surface area contributed by atoms with E-state index in [0.717, 1.165) is 39.8 Å². The van der Waals surface area contributed by atoms with Crippen LogP contribution in [-0.2, 0) is 11.9 Å². The van der Waals surface area contributed by atoms with Crippen molar-refractivity contribution in [3.8, 4) is 5.69 Å². The number of H-pyrrole nitrogens is 1. The monoisotopic (exact) mass is 479 g/mol. The lowest BCUT2D eigenvalue weighted by molar-refractivity contribution is -0.137. The molecule has 0 radical (unpaired) electrons. The van der Waals surface area contributed by atoms with E-state index < -0.39 is 11.7 Å². The van der Waals surface area contributed by atoms with Gasteiger partial charge in [0.05, 0.1) is 11.3 Å². The molecule has 0 aliphatic carbocycles. The van der Waals surface area contributed by atoms with Gasteiger partial charge in [0.2, 0.25) is 0 Å². The largest absolute Gasteiger partial charge is 0.416 e. The van der Waals surface area contributed by atoms with Crippen molar-refractivity contribution in [2.24, 2.45) is 0 Å². The maximum absolute atomic E-state index is 13.7. The Kier molecular flexibility index (Phi) is 5.48. The summed E-state index contributed by atoms with van der Waals surface area (Å²) in [6.45, 7) is 3.94. The van der Waals surface area contributed by atoms with E-state index >= 15 is 0 Å². The average Bonchev–Trinajstić information content (AvgIpc) is 3.19. The van der Waals surface area contributed by atoms with Crippen molar-refractivity contribution in [3.05, 3.63) is 99.3 Å². The van der Waals surface area contributed by atoms with Gasteiger partial charge in [0.1, 0.15) is 11.0 Å². The average molecular weight is 480 g/mol. The molecule has 0 aliphatic rings. The van der Waals surface area contributed by atoms with Crippen LogP contribution in [-0.4, -0.2) is 14.5 Å². The summed E-state index contributed by atoms with van der Waals surface area (Å²) >= 11 is 1.32. The minimum atomic E-state index is -4.38. The molecular weight excluding hydrogens is 459 g/mol. The molecule has 172 valence electrons. The Bertz CT molecular complexity index is 1580. The van der Waals surface area contributed by atoms with Crippen LogP contribution in [0, 0.1) is 13.8 Å². The molecule has 3 aromatic carbocycles. The number of hydrogen-bond donors (Lipinski definition) is 1. The molecule has 5 rings (SSSR count). The van der Waals surface area contributed by atoms with E-state index in [-0.39, 0.29) is 5.56 Å². The Morgan fingerprint density at radius 1 is 0.971 bits per heavy atom. The molecule has 8 heteroatoms. The fraction of sp³-hybridized carbons (Fsp3) is 0.154. The first-order valence-electron chi connectivity index (χ1n) is 10.6. The van der Waals surface area contributed by atoms with Gasteiger partial charge in [0, 0.05) is 16.7 Å². The van der Waals surface area contributed by atoms with Crippen LogP contribution in [0.5, 0.6) is 0 Å². The van der Waals surface area contributed by atoms with Crippen molar-refractivity contribution in [2.45, 2.75) is 30.9 Å². The number of alkyl halides is 3. The minimum absolute atomic E-state index is 0.218. The molecule has 1 N–H and O–H groups in total. The van der Waals surface area contributed by atoms with Crippen LogP contribution in [0.15, 0.2) is 76.7 Å². The third-order valence-corrected chi connectivity index (χ3v) is 6.97. The SMILES string of the molecule is Cc1cccc(-n2c(SCc3ccc(C(F)(F)F)cc3)nc3c([nH]c4ccccc43)c2=O)c1C. The minimum Gasteiger partial charge on any atom is -0.349 e. The summed E-state index contributed by atoms with van der Waals surface area (Å²) in [6.07, 6.45) is -4.38. The third-order valence-electron chi connectivity index (χ3n) is 5.96. The summed E-state index contributed by atoms with van der Waals surface area (Å²) in [5.41, 5.74) is 4.35. The molecule has 0 saturated carbocycles. The molecule has 0 unspecified atom stereocenters. The van der Waals surface area contributed by atoms with Crippen LogP contribution < -0.4 is 5.56 Å². The van der Waals surface area contributed by atoms with Crippen molar-refractivity contribution in [1.29, 1.82) is 0 Å². The van der Waals surface area contributed by atoms with Gasteiger partial charge < -0.3 is 4.98 Å². The van der Waals surface area contributed by atoms with Gasteiger partial charge in [-0.05, 0) is 54.8 Å². The molecule has 0 amide bonds. The van der Waals surface area contributed by atoms with Gasteiger partial charge in [-0.2, -0.15) is 13.2 Å². The van der Waals surface area contributed by atoms with Crippen LogP contribution in [0.4, 0.5) is 13.2 Å². The highest BCUT2D eigenvalue weighted by molar-refractivity contribution is 7.98. The van der Waals surface area contributed by atoms with Gasteiger partial charge in [0.25, 0.3) is 5.56 Å². The molecule has 2 heterocycles. The van der Waals surface area contributed by atoms with Crippen LogP contribution in [0.2, 0.25) is 0 Å². The number of para-hydroxylation sites is 1. The number of aromatic amines is 1. The Morgan fingerprint density at radius 2 is 1.71 bits per heavy atom. The number of nitrogens with one attached hydrogen (secondary N) is 1. The molecule has 0 spiro atoms. The zero-order chi connectivity index (χ0) is 24.0. The highest BCUT2D eigenvalue weighted by atomic mass is 32.2. The first-order chi connectivity index (χ1) is 16.2. The molecule has 0 bridgehead atoms. The summed E-state index contributed by atoms with van der Waals surface area (Å²) in [4.78, 5) is 21.8. The van der Waals surface area contributed by atoms with Crippen LogP contribution in [0.25, 0.3) is 27.6 Å². The maximum atomic E-state index is 13.7. The predicted molar refractivity (Wildman–Crippen MR) is 130 cm³/mol. The molecule has 0 fully saturated rings.